The Morgan fingerprint density at radius 2 is 1.68 bits per heavy atom. The summed E-state index contributed by atoms with van der Waals surface area (Å²) in [5, 5.41) is 11.0. The fourth-order valence-electron chi connectivity index (χ4n) is 1.76. The van der Waals surface area contributed by atoms with Crippen molar-refractivity contribution in [2.24, 2.45) is 5.73 Å². The lowest BCUT2D eigenvalue weighted by Crippen LogP contribution is -2.06. The third-order valence-electron chi connectivity index (χ3n) is 2.69. The molecule has 0 aromatic heterocycles. The van der Waals surface area contributed by atoms with Crippen LogP contribution in [0.1, 0.15) is 18.5 Å². The van der Waals surface area contributed by atoms with Crippen molar-refractivity contribution < 1.29 is 4.92 Å². The number of nitro benzene ring substituents is 1. The molecule has 98 valence electrons. The van der Waals surface area contributed by atoms with Gasteiger partial charge in [0.05, 0.1) is 9.82 Å². The quantitative estimate of drug-likeness (QED) is 0.680. The van der Waals surface area contributed by atoms with E-state index >= 15 is 0 Å². The molecule has 0 heterocycles. The Morgan fingerprint density at radius 3 is 2.32 bits per heavy atom. The minimum atomic E-state index is -0.364. The first-order chi connectivity index (χ1) is 9.09. The van der Waals surface area contributed by atoms with E-state index < -0.39 is 0 Å². The van der Waals surface area contributed by atoms with Crippen molar-refractivity contribution in [3.63, 3.8) is 0 Å². The van der Waals surface area contributed by atoms with Crippen LogP contribution >= 0.6 is 11.8 Å². The van der Waals surface area contributed by atoms with E-state index in [0.29, 0.717) is 4.90 Å². The molecule has 0 fully saturated rings. The summed E-state index contributed by atoms with van der Waals surface area (Å²) in [7, 11) is 0. The van der Waals surface area contributed by atoms with E-state index in [-0.39, 0.29) is 16.7 Å². The van der Waals surface area contributed by atoms with E-state index in [1.54, 1.807) is 18.2 Å². The molecule has 0 aliphatic rings. The molecule has 1 atom stereocenters. The second-order valence-corrected chi connectivity index (χ2v) is 5.24. The number of nitrogens with zero attached hydrogens (tertiary/aromatic N) is 1. The molecule has 0 saturated carbocycles. The van der Waals surface area contributed by atoms with Gasteiger partial charge in [0.15, 0.2) is 0 Å². The van der Waals surface area contributed by atoms with Crippen molar-refractivity contribution in [1.82, 2.24) is 0 Å². The topological polar surface area (TPSA) is 69.2 Å². The highest BCUT2D eigenvalue weighted by atomic mass is 32.2. The molecule has 5 heteroatoms. The summed E-state index contributed by atoms with van der Waals surface area (Å²) in [5.41, 5.74) is 7.03. The van der Waals surface area contributed by atoms with Crippen molar-refractivity contribution in [1.29, 1.82) is 0 Å². The van der Waals surface area contributed by atoms with E-state index in [0.717, 1.165) is 10.5 Å². The third-order valence-corrected chi connectivity index (χ3v) is 3.85. The number of hydrogen-bond donors (Lipinski definition) is 1. The summed E-state index contributed by atoms with van der Waals surface area (Å²) in [4.78, 5) is 12.2. The van der Waals surface area contributed by atoms with Gasteiger partial charge in [-0.2, -0.15) is 0 Å². The van der Waals surface area contributed by atoms with Crippen LogP contribution in [0, 0.1) is 10.1 Å². The van der Waals surface area contributed by atoms with Crippen LogP contribution in [-0.4, -0.2) is 4.92 Å². The van der Waals surface area contributed by atoms with E-state index in [1.165, 1.54) is 17.8 Å². The van der Waals surface area contributed by atoms with Gasteiger partial charge in [-0.3, -0.25) is 10.1 Å². The monoisotopic (exact) mass is 274 g/mol. The third kappa shape index (κ3) is 3.13. The summed E-state index contributed by atoms with van der Waals surface area (Å²) < 4.78 is 0. The Labute approximate surface area is 115 Å². The van der Waals surface area contributed by atoms with E-state index in [2.05, 4.69) is 0 Å². The minimum Gasteiger partial charge on any atom is -0.324 e. The van der Waals surface area contributed by atoms with E-state index in [4.69, 9.17) is 5.73 Å². The van der Waals surface area contributed by atoms with Gasteiger partial charge in [-0.25, -0.2) is 0 Å². The predicted molar refractivity (Wildman–Crippen MR) is 76.3 cm³/mol. The Bertz CT molecular complexity index is 600. The van der Waals surface area contributed by atoms with Gasteiger partial charge in [-0.15, -0.1) is 0 Å². The summed E-state index contributed by atoms with van der Waals surface area (Å²) in [5.74, 6) is 0. The van der Waals surface area contributed by atoms with Crippen LogP contribution in [0.15, 0.2) is 58.3 Å². The second-order valence-electron chi connectivity index (χ2n) is 4.15. The van der Waals surface area contributed by atoms with Crippen LogP contribution in [-0.2, 0) is 0 Å². The maximum atomic E-state index is 11.0. The van der Waals surface area contributed by atoms with E-state index in [1.807, 2.05) is 31.2 Å². The highest BCUT2D eigenvalue weighted by molar-refractivity contribution is 7.99. The van der Waals surface area contributed by atoms with Crippen LogP contribution in [0.25, 0.3) is 0 Å². The van der Waals surface area contributed by atoms with Crippen molar-refractivity contribution in [3.05, 3.63) is 64.2 Å². The maximum Gasteiger partial charge on any atom is 0.283 e. The Morgan fingerprint density at radius 1 is 1.11 bits per heavy atom. The number of benzene rings is 2. The number of para-hydroxylation sites is 1. The van der Waals surface area contributed by atoms with Gasteiger partial charge in [0.2, 0.25) is 0 Å². The summed E-state index contributed by atoms with van der Waals surface area (Å²) in [6.07, 6.45) is 0. The van der Waals surface area contributed by atoms with Crippen molar-refractivity contribution in [2.75, 3.05) is 0 Å². The van der Waals surface area contributed by atoms with Crippen molar-refractivity contribution >= 4 is 17.4 Å². The zero-order chi connectivity index (χ0) is 13.8. The molecule has 2 N–H and O–H groups in total. The van der Waals surface area contributed by atoms with Crippen LogP contribution < -0.4 is 5.73 Å². The first-order valence-electron chi connectivity index (χ1n) is 5.85. The fourth-order valence-corrected chi connectivity index (χ4v) is 2.91. The molecule has 0 radical (unpaired) electrons. The van der Waals surface area contributed by atoms with Gasteiger partial charge in [0.1, 0.15) is 0 Å². The molecule has 0 saturated heterocycles. The second kappa shape index (κ2) is 5.86. The number of nitrogens with two attached hydrogens (primary N) is 1. The van der Waals surface area contributed by atoms with Gasteiger partial charge in [-0.05, 0) is 24.6 Å². The smallest absolute Gasteiger partial charge is 0.283 e. The Balaban J connectivity index is 2.39. The highest BCUT2D eigenvalue weighted by Crippen LogP contribution is 2.37. The average Bonchev–Trinajstić information content (AvgIpc) is 2.39. The predicted octanol–water partition coefficient (Wildman–Crippen LogP) is 3.77. The molecule has 4 nitrogen and oxygen atoms in total. The van der Waals surface area contributed by atoms with Gasteiger partial charge in [-0.1, -0.05) is 42.1 Å². The van der Waals surface area contributed by atoms with Crippen molar-refractivity contribution in [3.8, 4) is 0 Å². The number of nitro groups is 1. The van der Waals surface area contributed by atoms with Gasteiger partial charge < -0.3 is 5.73 Å². The van der Waals surface area contributed by atoms with Gasteiger partial charge >= 0.3 is 0 Å². The van der Waals surface area contributed by atoms with E-state index in [9.17, 15) is 10.1 Å². The zero-order valence-corrected chi connectivity index (χ0v) is 11.3. The molecule has 0 unspecified atom stereocenters. The lowest BCUT2D eigenvalue weighted by Gasteiger charge is -2.11. The molecule has 0 amide bonds. The van der Waals surface area contributed by atoms with Crippen LogP contribution in [0.4, 0.5) is 5.69 Å². The molecule has 2 aromatic rings. The minimum absolute atomic E-state index is 0.105. The molecule has 2 rings (SSSR count). The molecular formula is C14H14N2O2S. The maximum absolute atomic E-state index is 11.0. The highest BCUT2D eigenvalue weighted by Gasteiger charge is 2.15. The first kappa shape index (κ1) is 13.6. The van der Waals surface area contributed by atoms with Gasteiger partial charge in [0.25, 0.3) is 5.69 Å². The lowest BCUT2D eigenvalue weighted by molar-refractivity contribution is -0.387. The molecule has 2 aromatic carbocycles. The Kier molecular flexibility index (Phi) is 4.19. The average molecular weight is 274 g/mol. The molecule has 19 heavy (non-hydrogen) atoms. The van der Waals surface area contributed by atoms with Crippen LogP contribution in [0.2, 0.25) is 0 Å². The van der Waals surface area contributed by atoms with Crippen LogP contribution in [0.3, 0.4) is 0 Å². The van der Waals surface area contributed by atoms with Crippen LogP contribution in [0.5, 0.6) is 0 Å². The van der Waals surface area contributed by atoms with Crippen molar-refractivity contribution in [2.45, 2.75) is 22.8 Å². The molecule has 0 bridgehead atoms. The first-order valence-corrected chi connectivity index (χ1v) is 6.67. The van der Waals surface area contributed by atoms with Gasteiger partial charge in [0, 0.05) is 17.0 Å². The number of rotatable bonds is 4. The zero-order valence-electron chi connectivity index (χ0n) is 10.4. The molecule has 0 spiro atoms. The normalized spacial score (nSPS) is 12.1. The largest absolute Gasteiger partial charge is 0.324 e. The molecular weight excluding hydrogens is 260 g/mol. The molecule has 0 aliphatic heterocycles. The number of hydrogen-bond acceptors (Lipinski definition) is 4. The SMILES string of the molecule is C[C@@H](N)c1ccccc1Sc1ccccc1[N+](=O)[O-]. The molecule has 0 aliphatic carbocycles. The fraction of sp³-hybridized carbons (Fsp3) is 0.143. The lowest BCUT2D eigenvalue weighted by atomic mass is 10.1. The summed E-state index contributed by atoms with van der Waals surface area (Å²) in [6.45, 7) is 1.90. The standard InChI is InChI=1S/C14H14N2O2S/c1-10(15)11-6-2-4-8-13(11)19-14-9-5-3-7-12(14)16(17)18/h2-10H,15H2,1H3/t10-/m1/s1. The Hall–Kier alpha value is -1.85. The summed E-state index contributed by atoms with van der Waals surface area (Å²) in [6, 6.07) is 14.3. The summed E-state index contributed by atoms with van der Waals surface area (Å²) >= 11 is 1.38.